The molecule has 5 nitrogen and oxygen atoms in total. The largest absolute Gasteiger partial charge is 0.333 e. The summed E-state index contributed by atoms with van der Waals surface area (Å²) in [5.41, 5.74) is 1.88. The molecule has 0 unspecified atom stereocenters. The highest BCUT2D eigenvalue weighted by Gasteiger charge is 2.07. The minimum Gasteiger partial charge on any atom is -0.333 e. The number of amides is 1. The summed E-state index contributed by atoms with van der Waals surface area (Å²) in [4.78, 5) is 23.3. The van der Waals surface area contributed by atoms with Crippen LogP contribution in [0.15, 0.2) is 41.0 Å². The van der Waals surface area contributed by atoms with E-state index in [0.717, 1.165) is 16.2 Å². The smallest absolute Gasteiger partial charge is 0.236 e. The highest BCUT2D eigenvalue weighted by molar-refractivity contribution is 7.99. The molecule has 1 aromatic carbocycles. The fourth-order valence-corrected chi connectivity index (χ4v) is 2.80. The molecule has 96 valence electrons. The average molecular weight is 290 g/mol. The van der Waals surface area contributed by atoms with E-state index in [1.54, 1.807) is 6.20 Å². The van der Waals surface area contributed by atoms with E-state index in [1.807, 2.05) is 29.6 Å². The minimum absolute atomic E-state index is 0.0830. The summed E-state index contributed by atoms with van der Waals surface area (Å²) in [6, 6.07) is 7.78. The van der Waals surface area contributed by atoms with Crippen molar-refractivity contribution in [3.63, 3.8) is 0 Å². The van der Waals surface area contributed by atoms with Crippen LogP contribution in [0.2, 0.25) is 0 Å². The first kappa shape index (κ1) is 12.2. The number of benzene rings is 1. The van der Waals surface area contributed by atoms with Gasteiger partial charge in [0, 0.05) is 11.6 Å². The number of aromatic amines is 1. The maximum absolute atomic E-state index is 11.7. The van der Waals surface area contributed by atoms with Gasteiger partial charge in [-0.25, -0.2) is 9.97 Å². The Morgan fingerprint density at radius 2 is 2.32 bits per heavy atom. The number of aromatic nitrogens is 3. The number of imidazole rings is 1. The number of hydrogen-bond acceptors (Lipinski definition) is 5. The Bertz CT molecular complexity index is 660. The standard InChI is InChI=1S/C12H10N4OS2/c17-10(16-11-13-5-6-18-11)7-19-12-14-8-3-1-2-4-9(8)15-12/h1-6H,7H2,(H,14,15)(H,13,16,17). The number of rotatable bonds is 4. The Balaban J connectivity index is 1.61. The molecule has 3 aromatic rings. The Hall–Kier alpha value is -1.86. The molecule has 7 heteroatoms. The van der Waals surface area contributed by atoms with Crippen LogP contribution in [0.25, 0.3) is 11.0 Å². The number of thioether (sulfide) groups is 1. The maximum atomic E-state index is 11.7. The molecule has 1 amide bonds. The molecular formula is C12H10N4OS2. The van der Waals surface area contributed by atoms with Gasteiger partial charge in [0.05, 0.1) is 16.8 Å². The van der Waals surface area contributed by atoms with Gasteiger partial charge in [0.1, 0.15) is 0 Å². The molecule has 2 heterocycles. The fraction of sp³-hybridized carbons (Fsp3) is 0.0833. The van der Waals surface area contributed by atoms with Crippen molar-refractivity contribution in [3.8, 4) is 0 Å². The highest BCUT2D eigenvalue weighted by Crippen LogP contribution is 2.19. The lowest BCUT2D eigenvalue weighted by atomic mass is 10.3. The molecule has 2 N–H and O–H groups in total. The van der Waals surface area contributed by atoms with E-state index < -0.39 is 0 Å². The number of hydrogen-bond donors (Lipinski definition) is 2. The molecule has 0 saturated heterocycles. The van der Waals surface area contributed by atoms with Crippen LogP contribution in [0.4, 0.5) is 5.13 Å². The van der Waals surface area contributed by atoms with Gasteiger partial charge in [-0.1, -0.05) is 23.9 Å². The van der Waals surface area contributed by atoms with Crippen LogP contribution in [0.3, 0.4) is 0 Å². The van der Waals surface area contributed by atoms with Crippen LogP contribution in [0.5, 0.6) is 0 Å². The molecule has 0 radical (unpaired) electrons. The summed E-state index contributed by atoms with van der Waals surface area (Å²) >= 11 is 2.78. The summed E-state index contributed by atoms with van der Waals surface area (Å²) in [5.74, 6) is 0.222. The van der Waals surface area contributed by atoms with Gasteiger partial charge in [-0.15, -0.1) is 11.3 Å². The first-order chi connectivity index (χ1) is 9.31. The van der Waals surface area contributed by atoms with E-state index in [-0.39, 0.29) is 5.91 Å². The summed E-state index contributed by atoms with van der Waals surface area (Å²) in [7, 11) is 0. The molecule has 19 heavy (non-hydrogen) atoms. The van der Waals surface area contributed by atoms with Crippen LogP contribution in [0, 0.1) is 0 Å². The summed E-state index contributed by atoms with van der Waals surface area (Å²) < 4.78 is 0. The first-order valence-electron chi connectivity index (χ1n) is 5.58. The van der Waals surface area contributed by atoms with E-state index >= 15 is 0 Å². The highest BCUT2D eigenvalue weighted by atomic mass is 32.2. The number of fused-ring (bicyclic) bond motifs is 1. The lowest BCUT2D eigenvalue weighted by Crippen LogP contribution is -2.13. The van der Waals surface area contributed by atoms with Crippen molar-refractivity contribution in [2.75, 3.05) is 11.1 Å². The minimum atomic E-state index is -0.0830. The van der Waals surface area contributed by atoms with E-state index in [2.05, 4.69) is 20.3 Å². The van der Waals surface area contributed by atoms with Crippen molar-refractivity contribution < 1.29 is 4.79 Å². The van der Waals surface area contributed by atoms with Gasteiger partial charge in [0.25, 0.3) is 0 Å². The molecule has 0 bridgehead atoms. The van der Waals surface area contributed by atoms with E-state index in [0.29, 0.717) is 10.9 Å². The lowest BCUT2D eigenvalue weighted by Gasteiger charge is -1.99. The number of nitrogens with zero attached hydrogens (tertiary/aromatic N) is 2. The molecule has 0 fully saturated rings. The Labute approximate surface area is 117 Å². The summed E-state index contributed by atoms with van der Waals surface area (Å²) in [5, 5.41) is 5.92. The lowest BCUT2D eigenvalue weighted by molar-refractivity contribution is -0.113. The molecule has 0 aliphatic carbocycles. The monoisotopic (exact) mass is 290 g/mol. The zero-order chi connectivity index (χ0) is 13.1. The van der Waals surface area contributed by atoms with Crippen molar-refractivity contribution in [3.05, 3.63) is 35.8 Å². The third-order valence-corrected chi connectivity index (χ3v) is 3.95. The van der Waals surface area contributed by atoms with Crippen molar-refractivity contribution in [2.24, 2.45) is 0 Å². The number of anilines is 1. The molecule has 0 atom stereocenters. The summed E-state index contributed by atoms with van der Waals surface area (Å²) in [6.07, 6.45) is 1.66. The van der Waals surface area contributed by atoms with E-state index in [1.165, 1.54) is 23.1 Å². The van der Waals surface area contributed by atoms with Gasteiger partial charge in [-0.05, 0) is 12.1 Å². The number of nitrogens with one attached hydrogen (secondary N) is 2. The SMILES string of the molecule is O=C(CSc1nc2ccccc2[nH]1)Nc1nccs1. The van der Waals surface area contributed by atoms with Gasteiger partial charge >= 0.3 is 0 Å². The van der Waals surface area contributed by atoms with Crippen LogP contribution in [-0.4, -0.2) is 26.6 Å². The van der Waals surface area contributed by atoms with Crippen LogP contribution < -0.4 is 5.32 Å². The molecule has 3 rings (SSSR count). The van der Waals surface area contributed by atoms with Crippen molar-refractivity contribution >= 4 is 45.2 Å². The van der Waals surface area contributed by atoms with Crippen LogP contribution in [0.1, 0.15) is 0 Å². The molecule has 0 aliphatic rings. The molecule has 0 aliphatic heterocycles. The normalized spacial score (nSPS) is 10.7. The molecular weight excluding hydrogens is 280 g/mol. The summed E-state index contributed by atoms with van der Waals surface area (Å²) in [6.45, 7) is 0. The molecule has 0 spiro atoms. The van der Waals surface area contributed by atoms with Gasteiger partial charge in [-0.2, -0.15) is 0 Å². The van der Waals surface area contributed by atoms with Crippen molar-refractivity contribution in [2.45, 2.75) is 5.16 Å². The van der Waals surface area contributed by atoms with Gasteiger partial charge in [0.2, 0.25) is 5.91 Å². The number of para-hydroxylation sites is 2. The van der Waals surface area contributed by atoms with Gasteiger partial charge in [-0.3, -0.25) is 4.79 Å². The predicted octanol–water partition coefficient (Wildman–Crippen LogP) is 2.75. The zero-order valence-corrected chi connectivity index (χ0v) is 11.4. The maximum Gasteiger partial charge on any atom is 0.236 e. The number of carbonyl (C=O) groups is 1. The van der Waals surface area contributed by atoms with Gasteiger partial charge in [0.15, 0.2) is 10.3 Å². The van der Waals surface area contributed by atoms with Gasteiger partial charge < -0.3 is 10.3 Å². The van der Waals surface area contributed by atoms with Crippen molar-refractivity contribution in [1.29, 1.82) is 0 Å². The van der Waals surface area contributed by atoms with Crippen LogP contribution >= 0.6 is 23.1 Å². The second-order valence-corrected chi connectivity index (χ2v) is 5.59. The fourth-order valence-electron chi connectivity index (χ4n) is 1.57. The third kappa shape index (κ3) is 2.94. The van der Waals surface area contributed by atoms with Crippen molar-refractivity contribution in [1.82, 2.24) is 15.0 Å². The quantitative estimate of drug-likeness (QED) is 0.725. The van der Waals surface area contributed by atoms with E-state index in [4.69, 9.17) is 0 Å². The number of carbonyl (C=O) groups excluding carboxylic acids is 1. The second kappa shape index (κ2) is 5.41. The molecule has 2 aromatic heterocycles. The predicted molar refractivity (Wildman–Crippen MR) is 77.6 cm³/mol. The third-order valence-electron chi connectivity index (χ3n) is 2.39. The number of H-pyrrole nitrogens is 1. The Morgan fingerprint density at radius 1 is 1.42 bits per heavy atom. The topological polar surface area (TPSA) is 70.7 Å². The first-order valence-corrected chi connectivity index (χ1v) is 7.45. The Morgan fingerprint density at radius 3 is 3.11 bits per heavy atom. The number of thiazole rings is 1. The van der Waals surface area contributed by atoms with Crippen LogP contribution in [-0.2, 0) is 4.79 Å². The Kier molecular flexibility index (Phi) is 3.47. The zero-order valence-electron chi connectivity index (χ0n) is 9.79. The second-order valence-electron chi connectivity index (χ2n) is 3.73. The van der Waals surface area contributed by atoms with E-state index in [9.17, 15) is 4.79 Å². The average Bonchev–Trinajstić information content (AvgIpc) is 3.04. The molecule has 0 saturated carbocycles.